The van der Waals surface area contributed by atoms with Crippen LogP contribution in [0.25, 0.3) is 10.8 Å². The van der Waals surface area contributed by atoms with Gasteiger partial charge in [-0.3, -0.25) is 4.79 Å². The molecule has 0 saturated heterocycles. The SMILES string of the molecule is O=C1CC[C@@H](c2ccc(O)c3cccc(O)c23)c2ccc(O)c(O)c21. The highest BCUT2D eigenvalue weighted by molar-refractivity contribution is 6.03. The second-order valence-corrected chi connectivity index (χ2v) is 6.29. The Morgan fingerprint density at radius 1 is 0.800 bits per heavy atom. The Hall–Kier alpha value is -3.21. The number of Topliss-reactive ketones (excluding diaryl/α,β-unsaturated/α-hetero) is 1. The summed E-state index contributed by atoms with van der Waals surface area (Å²) in [6, 6.07) is 11.2. The number of phenols is 4. The molecule has 0 radical (unpaired) electrons. The molecular formula is C20H16O5. The van der Waals surface area contributed by atoms with E-state index >= 15 is 0 Å². The molecule has 0 spiro atoms. The van der Waals surface area contributed by atoms with Gasteiger partial charge in [0.05, 0.1) is 5.56 Å². The third-order valence-corrected chi connectivity index (χ3v) is 4.91. The molecule has 0 aromatic heterocycles. The average molecular weight is 336 g/mol. The van der Waals surface area contributed by atoms with E-state index in [1.165, 1.54) is 6.07 Å². The predicted molar refractivity (Wildman–Crippen MR) is 92.5 cm³/mol. The third kappa shape index (κ3) is 2.20. The molecule has 4 rings (SSSR count). The molecule has 0 heterocycles. The van der Waals surface area contributed by atoms with E-state index in [-0.39, 0.29) is 40.9 Å². The molecule has 4 N–H and O–H groups in total. The molecule has 0 unspecified atom stereocenters. The molecule has 1 aliphatic carbocycles. The summed E-state index contributed by atoms with van der Waals surface area (Å²) in [4.78, 5) is 12.3. The summed E-state index contributed by atoms with van der Waals surface area (Å²) in [6.07, 6.45) is 0.745. The van der Waals surface area contributed by atoms with Crippen LogP contribution in [0.3, 0.4) is 0 Å². The molecule has 1 atom stereocenters. The van der Waals surface area contributed by atoms with Crippen LogP contribution in [0.5, 0.6) is 23.0 Å². The molecule has 0 fully saturated rings. The van der Waals surface area contributed by atoms with E-state index in [0.29, 0.717) is 22.8 Å². The van der Waals surface area contributed by atoms with Gasteiger partial charge in [0.15, 0.2) is 17.3 Å². The highest BCUT2D eigenvalue weighted by Gasteiger charge is 2.31. The summed E-state index contributed by atoms with van der Waals surface area (Å²) in [5.41, 5.74) is 1.51. The van der Waals surface area contributed by atoms with Crippen molar-refractivity contribution in [3.05, 3.63) is 59.2 Å². The van der Waals surface area contributed by atoms with Crippen molar-refractivity contribution in [3.63, 3.8) is 0 Å². The fourth-order valence-electron chi connectivity index (χ4n) is 3.75. The van der Waals surface area contributed by atoms with Gasteiger partial charge in [0.2, 0.25) is 0 Å². The smallest absolute Gasteiger partial charge is 0.168 e. The molecular weight excluding hydrogens is 320 g/mol. The number of aromatic hydroxyl groups is 4. The van der Waals surface area contributed by atoms with Gasteiger partial charge in [-0.05, 0) is 35.7 Å². The summed E-state index contributed by atoms with van der Waals surface area (Å²) in [7, 11) is 0. The van der Waals surface area contributed by atoms with Crippen LogP contribution in [0.2, 0.25) is 0 Å². The van der Waals surface area contributed by atoms with Gasteiger partial charge in [-0.25, -0.2) is 0 Å². The van der Waals surface area contributed by atoms with E-state index in [0.717, 1.165) is 5.56 Å². The Bertz CT molecular complexity index is 1020. The maximum absolute atomic E-state index is 12.3. The van der Waals surface area contributed by atoms with Crippen molar-refractivity contribution < 1.29 is 25.2 Å². The Kier molecular flexibility index (Phi) is 3.32. The predicted octanol–water partition coefficient (Wildman–Crippen LogP) is 3.77. The van der Waals surface area contributed by atoms with Crippen molar-refractivity contribution in [3.8, 4) is 23.0 Å². The van der Waals surface area contributed by atoms with Gasteiger partial charge in [-0.2, -0.15) is 0 Å². The summed E-state index contributed by atoms with van der Waals surface area (Å²) < 4.78 is 0. The number of rotatable bonds is 1. The minimum absolute atomic E-state index is 0.0462. The zero-order chi connectivity index (χ0) is 17.7. The Labute approximate surface area is 143 Å². The molecule has 0 bridgehead atoms. The first kappa shape index (κ1) is 15.3. The molecule has 1 aliphatic rings. The highest BCUT2D eigenvalue weighted by Crippen LogP contribution is 2.47. The van der Waals surface area contributed by atoms with E-state index in [1.54, 1.807) is 36.4 Å². The first-order chi connectivity index (χ1) is 12.0. The molecule has 5 heteroatoms. The fourth-order valence-corrected chi connectivity index (χ4v) is 3.75. The molecule has 3 aromatic carbocycles. The number of phenolic OH excluding ortho intramolecular Hbond substituents is 4. The van der Waals surface area contributed by atoms with Gasteiger partial charge in [0.25, 0.3) is 0 Å². The van der Waals surface area contributed by atoms with Crippen LogP contribution in [0, 0.1) is 0 Å². The second-order valence-electron chi connectivity index (χ2n) is 6.29. The van der Waals surface area contributed by atoms with Crippen molar-refractivity contribution in [1.29, 1.82) is 0 Å². The monoisotopic (exact) mass is 336 g/mol. The first-order valence-electron chi connectivity index (χ1n) is 8.00. The lowest BCUT2D eigenvalue weighted by Crippen LogP contribution is -2.17. The van der Waals surface area contributed by atoms with Crippen LogP contribution in [0.4, 0.5) is 0 Å². The zero-order valence-corrected chi connectivity index (χ0v) is 13.2. The summed E-state index contributed by atoms with van der Waals surface area (Å²) in [6.45, 7) is 0. The third-order valence-electron chi connectivity index (χ3n) is 4.91. The Morgan fingerprint density at radius 2 is 1.52 bits per heavy atom. The van der Waals surface area contributed by atoms with Gasteiger partial charge in [0.1, 0.15) is 11.5 Å². The largest absolute Gasteiger partial charge is 0.507 e. The van der Waals surface area contributed by atoms with E-state index in [1.807, 2.05) is 0 Å². The number of ketones is 1. The maximum atomic E-state index is 12.3. The van der Waals surface area contributed by atoms with Crippen LogP contribution in [-0.4, -0.2) is 26.2 Å². The number of carbonyl (C=O) groups is 1. The van der Waals surface area contributed by atoms with E-state index < -0.39 is 5.75 Å². The number of hydrogen-bond donors (Lipinski definition) is 4. The normalized spacial score (nSPS) is 16.8. The molecule has 126 valence electrons. The number of hydrogen-bond acceptors (Lipinski definition) is 5. The lowest BCUT2D eigenvalue weighted by atomic mass is 9.76. The minimum atomic E-state index is -0.403. The molecule has 5 nitrogen and oxygen atoms in total. The van der Waals surface area contributed by atoms with Crippen molar-refractivity contribution >= 4 is 16.6 Å². The highest BCUT2D eigenvalue weighted by atomic mass is 16.3. The summed E-state index contributed by atoms with van der Waals surface area (Å²) >= 11 is 0. The van der Waals surface area contributed by atoms with Crippen LogP contribution in [-0.2, 0) is 0 Å². The standard InChI is InChI=1S/C20H16O5/c21-14-7-5-11(18-13(14)2-1-3-15(18)22)10-4-8-16(23)19-12(10)6-9-17(24)20(19)25/h1-3,5-7,9-10,21-22,24-25H,4,8H2/t10-/m0/s1. The van der Waals surface area contributed by atoms with Gasteiger partial charge in [-0.1, -0.05) is 24.3 Å². The lowest BCUT2D eigenvalue weighted by molar-refractivity contribution is 0.0965. The number of carbonyl (C=O) groups excluding carboxylic acids is 1. The summed E-state index contributed by atoms with van der Waals surface area (Å²) in [5.74, 6) is -1.08. The Morgan fingerprint density at radius 3 is 2.32 bits per heavy atom. The minimum Gasteiger partial charge on any atom is -0.507 e. The van der Waals surface area contributed by atoms with Crippen LogP contribution < -0.4 is 0 Å². The Balaban J connectivity index is 2.01. The number of benzene rings is 3. The van der Waals surface area contributed by atoms with Gasteiger partial charge in [-0.15, -0.1) is 0 Å². The topological polar surface area (TPSA) is 98.0 Å². The van der Waals surface area contributed by atoms with Gasteiger partial charge in [0, 0.05) is 23.1 Å². The van der Waals surface area contributed by atoms with Crippen LogP contribution in [0.1, 0.15) is 40.2 Å². The molecule has 0 saturated carbocycles. The van der Waals surface area contributed by atoms with E-state index in [4.69, 9.17) is 0 Å². The molecule has 25 heavy (non-hydrogen) atoms. The quantitative estimate of drug-likeness (QED) is 0.507. The van der Waals surface area contributed by atoms with E-state index in [2.05, 4.69) is 0 Å². The van der Waals surface area contributed by atoms with Gasteiger partial charge < -0.3 is 20.4 Å². The van der Waals surface area contributed by atoms with Crippen molar-refractivity contribution in [2.45, 2.75) is 18.8 Å². The first-order valence-corrected chi connectivity index (χ1v) is 8.00. The van der Waals surface area contributed by atoms with Crippen molar-refractivity contribution in [2.75, 3.05) is 0 Å². The van der Waals surface area contributed by atoms with Crippen LogP contribution >= 0.6 is 0 Å². The maximum Gasteiger partial charge on any atom is 0.168 e. The van der Waals surface area contributed by atoms with Crippen molar-refractivity contribution in [1.82, 2.24) is 0 Å². The molecule has 3 aromatic rings. The second kappa shape index (κ2) is 5.41. The average Bonchev–Trinajstić information content (AvgIpc) is 2.60. The zero-order valence-electron chi connectivity index (χ0n) is 13.2. The molecule has 0 aliphatic heterocycles. The van der Waals surface area contributed by atoms with Gasteiger partial charge >= 0.3 is 0 Å². The molecule has 0 amide bonds. The number of fused-ring (bicyclic) bond motifs is 2. The fraction of sp³-hybridized carbons (Fsp3) is 0.150. The van der Waals surface area contributed by atoms with Crippen LogP contribution in [0.15, 0.2) is 42.5 Å². The van der Waals surface area contributed by atoms with E-state index in [9.17, 15) is 25.2 Å². The summed E-state index contributed by atoms with van der Waals surface area (Å²) in [5, 5.41) is 41.3. The lowest BCUT2D eigenvalue weighted by Gasteiger charge is -2.27. The van der Waals surface area contributed by atoms with Crippen molar-refractivity contribution in [2.24, 2.45) is 0 Å².